The van der Waals surface area contributed by atoms with Crippen molar-refractivity contribution in [2.45, 2.75) is 45.1 Å². The summed E-state index contributed by atoms with van der Waals surface area (Å²) in [7, 11) is 0. The predicted molar refractivity (Wildman–Crippen MR) is 80.6 cm³/mol. The fourth-order valence-electron chi connectivity index (χ4n) is 3.13. The van der Waals surface area contributed by atoms with Crippen LogP contribution < -0.4 is 5.73 Å². The van der Waals surface area contributed by atoms with Crippen molar-refractivity contribution in [2.75, 3.05) is 0 Å². The number of rotatable bonds is 2. The molecule has 3 heteroatoms. The second kappa shape index (κ2) is 5.33. The SMILES string of the molecule is Cc1nc(C2CCCc3ccccc32)ncc1[C@H](C)N. The van der Waals surface area contributed by atoms with Crippen molar-refractivity contribution in [2.24, 2.45) is 5.73 Å². The van der Waals surface area contributed by atoms with Gasteiger partial charge in [0.1, 0.15) is 5.82 Å². The first-order chi connectivity index (χ1) is 9.66. The van der Waals surface area contributed by atoms with Gasteiger partial charge in [-0.25, -0.2) is 9.97 Å². The van der Waals surface area contributed by atoms with Crippen LogP contribution in [-0.4, -0.2) is 9.97 Å². The highest BCUT2D eigenvalue weighted by atomic mass is 14.9. The lowest BCUT2D eigenvalue weighted by molar-refractivity contribution is 0.586. The first-order valence-corrected chi connectivity index (χ1v) is 7.33. The standard InChI is InChI=1S/C17H21N3/c1-11(18)16-10-19-17(20-12(16)2)15-9-5-7-13-6-3-4-8-14(13)15/h3-4,6,8,10-11,15H,5,7,9,18H2,1-2H3/t11-,15?/m0/s1. The van der Waals surface area contributed by atoms with E-state index in [1.807, 2.05) is 20.0 Å². The average Bonchev–Trinajstić information content (AvgIpc) is 2.46. The van der Waals surface area contributed by atoms with E-state index in [0.29, 0.717) is 5.92 Å². The zero-order valence-electron chi connectivity index (χ0n) is 12.1. The molecular weight excluding hydrogens is 246 g/mol. The molecule has 0 fully saturated rings. The predicted octanol–water partition coefficient (Wildman–Crippen LogP) is 3.27. The second-order valence-electron chi connectivity index (χ2n) is 5.70. The lowest BCUT2D eigenvalue weighted by Gasteiger charge is -2.25. The van der Waals surface area contributed by atoms with Gasteiger partial charge >= 0.3 is 0 Å². The zero-order chi connectivity index (χ0) is 14.1. The number of hydrogen-bond donors (Lipinski definition) is 1. The number of fused-ring (bicyclic) bond motifs is 1. The highest BCUT2D eigenvalue weighted by Gasteiger charge is 2.24. The summed E-state index contributed by atoms with van der Waals surface area (Å²) < 4.78 is 0. The third kappa shape index (κ3) is 2.34. The van der Waals surface area contributed by atoms with Crippen molar-refractivity contribution >= 4 is 0 Å². The molecule has 0 saturated carbocycles. The molecular formula is C17H21N3. The van der Waals surface area contributed by atoms with Crippen LogP contribution in [0.25, 0.3) is 0 Å². The van der Waals surface area contributed by atoms with Crippen LogP contribution >= 0.6 is 0 Å². The van der Waals surface area contributed by atoms with Crippen LogP contribution in [0.4, 0.5) is 0 Å². The Balaban J connectivity index is 2.00. The van der Waals surface area contributed by atoms with E-state index in [9.17, 15) is 0 Å². The van der Waals surface area contributed by atoms with E-state index >= 15 is 0 Å². The molecule has 0 aliphatic heterocycles. The van der Waals surface area contributed by atoms with Gasteiger partial charge in [0.15, 0.2) is 0 Å². The van der Waals surface area contributed by atoms with E-state index in [1.54, 1.807) is 0 Å². The molecule has 0 bridgehead atoms. The molecule has 0 saturated heterocycles. The van der Waals surface area contributed by atoms with Crippen LogP contribution in [-0.2, 0) is 6.42 Å². The Kier molecular flexibility index (Phi) is 3.53. The molecule has 0 radical (unpaired) electrons. The van der Waals surface area contributed by atoms with Crippen LogP contribution in [0.15, 0.2) is 30.5 Å². The van der Waals surface area contributed by atoms with Crippen LogP contribution in [0.1, 0.15) is 59.9 Å². The number of aryl methyl sites for hydroxylation is 2. The molecule has 3 rings (SSSR count). The molecule has 1 unspecified atom stereocenters. The minimum absolute atomic E-state index is 0.0114. The molecule has 1 heterocycles. The maximum absolute atomic E-state index is 5.94. The number of aromatic nitrogens is 2. The van der Waals surface area contributed by atoms with E-state index in [4.69, 9.17) is 10.7 Å². The number of nitrogens with two attached hydrogens (primary N) is 1. The van der Waals surface area contributed by atoms with Gasteiger partial charge in [0, 0.05) is 29.4 Å². The van der Waals surface area contributed by atoms with Gasteiger partial charge in [-0.05, 0) is 44.2 Å². The van der Waals surface area contributed by atoms with Crippen LogP contribution in [0, 0.1) is 6.92 Å². The van der Waals surface area contributed by atoms with Gasteiger partial charge in [0.05, 0.1) is 0 Å². The normalized spacial score (nSPS) is 19.4. The summed E-state index contributed by atoms with van der Waals surface area (Å²) in [5, 5.41) is 0. The Hall–Kier alpha value is -1.74. The average molecular weight is 267 g/mol. The third-order valence-corrected chi connectivity index (χ3v) is 4.21. The summed E-state index contributed by atoms with van der Waals surface area (Å²) in [6, 6.07) is 8.66. The van der Waals surface area contributed by atoms with Crippen molar-refractivity contribution in [3.63, 3.8) is 0 Å². The molecule has 1 aliphatic carbocycles. The summed E-state index contributed by atoms with van der Waals surface area (Å²) in [5.74, 6) is 1.28. The Labute approximate surface area is 120 Å². The topological polar surface area (TPSA) is 51.8 Å². The summed E-state index contributed by atoms with van der Waals surface area (Å²) in [6.45, 7) is 4.00. The van der Waals surface area contributed by atoms with Gasteiger partial charge in [0.25, 0.3) is 0 Å². The van der Waals surface area contributed by atoms with E-state index in [-0.39, 0.29) is 6.04 Å². The molecule has 2 aromatic rings. The number of benzene rings is 1. The summed E-state index contributed by atoms with van der Waals surface area (Å²) in [4.78, 5) is 9.32. The molecule has 104 valence electrons. The Morgan fingerprint density at radius 2 is 2.10 bits per heavy atom. The van der Waals surface area contributed by atoms with E-state index < -0.39 is 0 Å². The van der Waals surface area contributed by atoms with Crippen molar-refractivity contribution < 1.29 is 0 Å². The van der Waals surface area contributed by atoms with Crippen LogP contribution in [0.2, 0.25) is 0 Å². The molecule has 2 N–H and O–H groups in total. The van der Waals surface area contributed by atoms with Crippen molar-refractivity contribution in [1.82, 2.24) is 9.97 Å². The highest BCUT2D eigenvalue weighted by molar-refractivity contribution is 5.36. The van der Waals surface area contributed by atoms with Gasteiger partial charge < -0.3 is 5.73 Å². The molecule has 0 spiro atoms. The fraction of sp³-hybridized carbons (Fsp3) is 0.412. The minimum atomic E-state index is -0.0114. The highest BCUT2D eigenvalue weighted by Crippen LogP contribution is 2.35. The quantitative estimate of drug-likeness (QED) is 0.908. The Morgan fingerprint density at radius 3 is 2.85 bits per heavy atom. The van der Waals surface area contributed by atoms with Gasteiger partial charge in [-0.3, -0.25) is 0 Å². The fourth-order valence-corrected chi connectivity index (χ4v) is 3.13. The van der Waals surface area contributed by atoms with Gasteiger partial charge in [-0.15, -0.1) is 0 Å². The summed E-state index contributed by atoms with van der Waals surface area (Å²) >= 11 is 0. The monoisotopic (exact) mass is 267 g/mol. The van der Waals surface area contributed by atoms with Crippen LogP contribution in [0.3, 0.4) is 0 Å². The smallest absolute Gasteiger partial charge is 0.135 e. The molecule has 20 heavy (non-hydrogen) atoms. The maximum Gasteiger partial charge on any atom is 0.135 e. The van der Waals surface area contributed by atoms with Crippen LogP contribution in [0.5, 0.6) is 0 Å². The van der Waals surface area contributed by atoms with E-state index in [1.165, 1.54) is 24.0 Å². The van der Waals surface area contributed by atoms with Gasteiger partial charge in [0.2, 0.25) is 0 Å². The molecule has 1 aliphatic rings. The van der Waals surface area contributed by atoms with Gasteiger partial charge in [-0.2, -0.15) is 0 Å². The molecule has 1 aromatic carbocycles. The second-order valence-corrected chi connectivity index (χ2v) is 5.70. The lowest BCUT2D eigenvalue weighted by Crippen LogP contribution is -2.16. The largest absolute Gasteiger partial charge is 0.324 e. The Morgan fingerprint density at radius 1 is 1.30 bits per heavy atom. The van der Waals surface area contributed by atoms with Crippen molar-refractivity contribution in [1.29, 1.82) is 0 Å². The minimum Gasteiger partial charge on any atom is -0.324 e. The van der Waals surface area contributed by atoms with Gasteiger partial charge in [-0.1, -0.05) is 24.3 Å². The van der Waals surface area contributed by atoms with E-state index in [2.05, 4.69) is 29.2 Å². The van der Waals surface area contributed by atoms with Crippen molar-refractivity contribution in [3.8, 4) is 0 Å². The molecule has 2 atom stereocenters. The first kappa shape index (κ1) is 13.3. The summed E-state index contributed by atoms with van der Waals surface area (Å²) in [5.41, 5.74) is 10.8. The summed E-state index contributed by atoms with van der Waals surface area (Å²) in [6.07, 6.45) is 5.41. The lowest BCUT2D eigenvalue weighted by atomic mass is 9.82. The molecule has 1 aromatic heterocycles. The molecule has 0 amide bonds. The van der Waals surface area contributed by atoms with Crippen molar-refractivity contribution in [3.05, 3.63) is 58.7 Å². The Bertz CT molecular complexity index is 619. The first-order valence-electron chi connectivity index (χ1n) is 7.33. The zero-order valence-corrected chi connectivity index (χ0v) is 12.1. The van der Waals surface area contributed by atoms with E-state index in [0.717, 1.165) is 23.5 Å². The number of nitrogens with zero attached hydrogens (tertiary/aromatic N) is 2. The molecule has 3 nitrogen and oxygen atoms in total. The third-order valence-electron chi connectivity index (χ3n) is 4.21. The number of hydrogen-bond acceptors (Lipinski definition) is 3. The maximum atomic E-state index is 5.94.